The maximum absolute atomic E-state index is 13.2. The average Bonchev–Trinajstić information content (AvgIpc) is 2.66. The lowest BCUT2D eigenvalue weighted by Crippen LogP contribution is -2.20. The Bertz CT molecular complexity index is 837. The minimum absolute atomic E-state index is 0.0155. The van der Waals surface area contributed by atoms with Gasteiger partial charge in [0, 0.05) is 42.0 Å². The first-order valence-corrected chi connectivity index (χ1v) is 8.52. The summed E-state index contributed by atoms with van der Waals surface area (Å²) in [7, 11) is 0. The molecule has 0 spiro atoms. The second-order valence-corrected chi connectivity index (χ2v) is 5.88. The molecular formula is C18H21ClFN7. The number of nitrogens with zero attached hydrogens (tertiary/aromatic N) is 3. The number of halogens is 2. The summed E-state index contributed by atoms with van der Waals surface area (Å²) in [6, 6.07) is 4.27. The molecule has 1 aromatic carbocycles. The molecule has 2 rings (SSSR count). The Kier molecular flexibility index (Phi) is 7.72. The van der Waals surface area contributed by atoms with Crippen LogP contribution in [0.1, 0.15) is 12.0 Å². The molecule has 6 N–H and O–H groups in total. The summed E-state index contributed by atoms with van der Waals surface area (Å²) in [6.45, 7) is 4.92. The Morgan fingerprint density at radius 3 is 2.74 bits per heavy atom. The van der Waals surface area contributed by atoms with Crippen molar-refractivity contribution in [3.63, 3.8) is 0 Å². The van der Waals surface area contributed by atoms with Crippen LogP contribution in [0.15, 0.2) is 60.5 Å². The van der Waals surface area contributed by atoms with Gasteiger partial charge < -0.3 is 22.1 Å². The fourth-order valence-corrected chi connectivity index (χ4v) is 2.24. The first-order valence-electron chi connectivity index (χ1n) is 8.14. The first-order chi connectivity index (χ1) is 13.0. The van der Waals surface area contributed by atoms with E-state index in [1.165, 1.54) is 18.5 Å². The quantitative estimate of drug-likeness (QED) is 0.297. The Morgan fingerprint density at radius 2 is 2.07 bits per heavy atom. The molecule has 1 heterocycles. The number of anilines is 1. The van der Waals surface area contributed by atoms with Gasteiger partial charge in [-0.25, -0.2) is 14.4 Å². The van der Waals surface area contributed by atoms with E-state index in [1.54, 1.807) is 24.7 Å². The van der Waals surface area contributed by atoms with Crippen molar-refractivity contribution in [1.82, 2.24) is 15.3 Å². The summed E-state index contributed by atoms with van der Waals surface area (Å²) >= 11 is 5.77. The summed E-state index contributed by atoms with van der Waals surface area (Å²) in [6.07, 6.45) is 7.05. The molecule has 0 aliphatic carbocycles. The minimum atomic E-state index is -0.492. The molecule has 0 bridgehead atoms. The van der Waals surface area contributed by atoms with Crippen molar-refractivity contribution in [3.05, 3.63) is 71.9 Å². The summed E-state index contributed by atoms with van der Waals surface area (Å²) in [5.74, 6) is 0.263. The molecule has 0 saturated carbocycles. The number of benzene rings is 1. The third-order valence-corrected chi connectivity index (χ3v) is 3.69. The van der Waals surface area contributed by atoms with Crippen LogP contribution in [-0.2, 0) is 0 Å². The predicted molar refractivity (Wildman–Crippen MR) is 107 cm³/mol. The van der Waals surface area contributed by atoms with Crippen molar-refractivity contribution < 1.29 is 4.39 Å². The van der Waals surface area contributed by atoms with Crippen molar-refractivity contribution in [2.24, 2.45) is 16.5 Å². The van der Waals surface area contributed by atoms with Gasteiger partial charge in [0.2, 0.25) is 0 Å². The second kappa shape index (κ2) is 10.2. The zero-order chi connectivity index (χ0) is 19.6. The smallest absolute Gasteiger partial charge is 0.141 e. The SMILES string of the molecule is C=C(NC=C(C(N)=NCCCN)c1cncnc1)Nc1ccc(F)c(Cl)c1. The molecule has 0 saturated heterocycles. The van der Waals surface area contributed by atoms with E-state index in [9.17, 15) is 4.39 Å². The van der Waals surface area contributed by atoms with Gasteiger partial charge in [-0.3, -0.25) is 4.99 Å². The van der Waals surface area contributed by atoms with Crippen LogP contribution in [0.5, 0.6) is 0 Å². The van der Waals surface area contributed by atoms with Crippen LogP contribution in [0.3, 0.4) is 0 Å². The van der Waals surface area contributed by atoms with Gasteiger partial charge in [-0.2, -0.15) is 0 Å². The molecule has 0 atom stereocenters. The van der Waals surface area contributed by atoms with Gasteiger partial charge in [-0.1, -0.05) is 18.2 Å². The number of aliphatic imine (C=N–C) groups is 1. The fraction of sp³-hybridized carbons (Fsp3) is 0.167. The van der Waals surface area contributed by atoms with Crippen LogP contribution in [0.2, 0.25) is 5.02 Å². The number of hydrogen-bond acceptors (Lipinski definition) is 6. The fourth-order valence-electron chi connectivity index (χ4n) is 2.06. The van der Waals surface area contributed by atoms with E-state index < -0.39 is 5.82 Å². The van der Waals surface area contributed by atoms with E-state index in [0.717, 1.165) is 6.42 Å². The highest BCUT2D eigenvalue weighted by Crippen LogP contribution is 2.20. The second-order valence-electron chi connectivity index (χ2n) is 5.47. The molecule has 27 heavy (non-hydrogen) atoms. The van der Waals surface area contributed by atoms with E-state index in [4.69, 9.17) is 23.1 Å². The average molecular weight is 390 g/mol. The maximum Gasteiger partial charge on any atom is 0.141 e. The summed E-state index contributed by atoms with van der Waals surface area (Å²) in [4.78, 5) is 12.3. The lowest BCUT2D eigenvalue weighted by atomic mass is 10.1. The lowest BCUT2D eigenvalue weighted by molar-refractivity contribution is 0.628. The molecule has 0 radical (unpaired) electrons. The standard InChI is InChI=1S/C18H21ClFN7/c1-12(27-14-3-4-17(20)16(19)7-14)26-10-15(13-8-23-11-24-9-13)18(22)25-6-2-5-21/h3-4,7-11,26-27H,1-2,5-6,21H2,(H2,22,25). The van der Waals surface area contributed by atoms with E-state index in [0.29, 0.717) is 41.6 Å². The third kappa shape index (κ3) is 6.36. The number of amidine groups is 1. The van der Waals surface area contributed by atoms with Gasteiger partial charge in [0.25, 0.3) is 0 Å². The lowest BCUT2D eigenvalue weighted by Gasteiger charge is -2.12. The van der Waals surface area contributed by atoms with Crippen molar-refractivity contribution in [1.29, 1.82) is 0 Å². The predicted octanol–water partition coefficient (Wildman–Crippen LogP) is 2.49. The van der Waals surface area contributed by atoms with Gasteiger partial charge in [-0.15, -0.1) is 0 Å². The van der Waals surface area contributed by atoms with Crippen LogP contribution < -0.4 is 22.1 Å². The molecule has 0 amide bonds. The molecule has 1 aromatic heterocycles. The van der Waals surface area contributed by atoms with E-state index in [2.05, 4.69) is 32.2 Å². The van der Waals surface area contributed by atoms with Gasteiger partial charge >= 0.3 is 0 Å². The molecule has 0 aliphatic heterocycles. The highest BCUT2D eigenvalue weighted by atomic mass is 35.5. The monoisotopic (exact) mass is 389 g/mol. The van der Waals surface area contributed by atoms with Crippen LogP contribution in [-0.4, -0.2) is 28.9 Å². The van der Waals surface area contributed by atoms with Crippen molar-refractivity contribution >= 4 is 28.7 Å². The molecule has 142 valence electrons. The normalized spacial score (nSPS) is 12.0. The number of nitrogens with two attached hydrogens (primary N) is 2. The molecule has 0 unspecified atom stereocenters. The van der Waals surface area contributed by atoms with E-state index in [-0.39, 0.29) is 5.02 Å². The van der Waals surface area contributed by atoms with Crippen molar-refractivity contribution in [2.45, 2.75) is 6.42 Å². The third-order valence-electron chi connectivity index (χ3n) is 3.40. The number of aromatic nitrogens is 2. The Labute approximate surface area is 162 Å². The topological polar surface area (TPSA) is 114 Å². The highest BCUT2D eigenvalue weighted by molar-refractivity contribution is 6.31. The molecular weight excluding hydrogens is 369 g/mol. The molecule has 9 heteroatoms. The van der Waals surface area contributed by atoms with Crippen LogP contribution in [0, 0.1) is 5.82 Å². The van der Waals surface area contributed by atoms with Crippen LogP contribution in [0.25, 0.3) is 5.57 Å². The summed E-state index contributed by atoms with van der Waals surface area (Å²) in [5.41, 5.74) is 13.5. The number of nitrogens with one attached hydrogen (secondary N) is 2. The largest absolute Gasteiger partial charge is 0.383 e. The zero-order valence-corrected chi connectivity index (χ0v) is 15.4. The summed E-state index contributed by atoms with van der Waals surface area (Å²) < 4.78 is 13.2. The van der Waals surface area contributed by atoms with E-state index in [1.807, 2.05) is 0 Å². The summed E-state index contributed by atoms with van der Waals surface area (Å²) in [5, 5.41) is 5.98. The van der Waals surface area contributed by atoms with Gasteiger partial charge in [0.1, 0.15) is 18.0 Å². The van der Waals surface area contributed by atoms with E-state index >= 15 is 0 Å². The van der Waals surface area contributed by atoms with Crippen LogP contribution in [0.4, 0.5) is 10.1 Å². The van der Waals surface area contributed by atoms with Gasteiger partial charge in [-0.05, 0) is 31.2 Å². The van der Waals surface area contributed by atoms with Gasteiger partial charge in [0.05, 0.1) is 10.8 Å². The number of hydrogen-bond donors (Lipinski definition) is 4. The maximum atomic E-state index is 13.2. The zero-order valence-electron chi connectivity index (χ0n) is 14.6. The minimum Gasteiger partial charge on any atom is -0.383 e. The number of rotatable bonds is 9. The molecule has 0 aliphatic rings. The molecule has 2 aromatic rings. The Hall–Kier alpha value is -2.97. The Balaban J connectivity index is 2.14. The van der Waals surface area contributed by atoms with Crippen molar-refractivity contribution in [3.8, 4) is 0 Å². The van der Waals surface area contributed by atoms with Crippen LogP contribution >= 0.6 is 11.6 Å². The Morgan fingerprint density at radius 1 is 1.33 bits per heavy atom. The first kappa shape index (κ1) is 20.3. The highest BCUT2D eigenvalue weighted by Gasteiger charge is 2.08. The van der Waals surface area contributed by atoms with Gasteiger partial charge in [0.15, 0.2) is 0 Å². The molecule has 0 fully saturated rings. The van der Waals surface area contributed by atoms with Crippen molar-refractivity contribution in [2.75, 3.05) is 18.4 Å². The molecule has 7 nitrogen and oxygen atoms in total.